The Morgan fingerprint density at radius 2 is 1.83 bits per heavy atom. The molecule has 1 aromatic rings. The number of carboxylic acid groups (broad SMARTS) is 1. The van der Waals surface area contributed by atoms with Gasteiger partial charge >= 0.3 is 18.1 Å². The van der Waals surface area contributed by atoms with Crippen LogP contribution in [0.5, 0.6) is 5.75 Å². The smallest absolute Gasteiger partial charge is 0.416 e. The molecule has 93 valence electrons. The van der Waals surface area contributed by atoms with Gasteiger partial charge in [0, 0.05) is 36.5 Å². The van der Waals surface area contributed by atoms with Crippen LogP contribution < -0.4 is 4.74 Å². The van der Waals surface area contributed by atoms with E-state index in [9.17, 15) is 22.8 Å². The van der Waals surface area contributed by atoms with Gasteiger partial charge in [-0.2, -0.15) is 13.2 Å². The molecule has 0 bridgehead atoms. The number of aromatic carboxylic acids is 1. The molecule has 4 nitrogen and oxygen atoms in total. The van der Waals surface area contributed by atoms with Crippen LogP contribution in [0.25, 0.3) is 0 Å². The van der Waals surface area contributed by atoms with Gasteiger partial charge < -0.3 is 9.84 Å². The van der Waals surface area contributed by atoms with E-state index in [0.717, 1.165) is 13.0 Å². The van der Waals surface area contributed by atoms with Crippen molar-refractivity contribution in [2.45, 2.75) is 13.1 Å². The second-order valence-corrected chi connectivity index (χ2v) is 3.11. The minimum absolute atomic E-state index is 0. The summed E-state index contributed by atoms with van der Waals surface area (Å²) in [6.07, 6.45) is -4.63. The molecule has 0 aromatic heterocycles. The van der Waals surface area contributed by atoms with E-state index >= 15 is 0 Å². The van der Waals surface area contributed by atoms with Crippen molar-refractivity contribution in [3.8, 4) is 5.75 Å². The zero-order valence-corrected chi connectivity index (χ0v) is 11.5. The monoisotopic (exact) mass is 271 g/mol. The first-order valence-corrected chi connectivity index (χ1v) is 4.35. The topological polar surface area (TPSA) is 63.6 Å². The molecule has 0 fully saturated rings. The number of carboxylic acids is 1. The number of hydrogen-bond donors (Lipinski definition) is 1. The molecule has 18 heavy (non-hydrogen) atoms. The Balaban J connectivity index is 0.00000289. The molecule has 0 amide bonds. The predicted octanol–water partition coefficient (Wildman–Crippen LogP) is 1.95. The van der Waals surface area contributed by atoms with Gasteiger partial charge in [0.05, 0.1) is 5.56 Å². The minimum atomic E-state index is -4.63. The number of ether oxygens (including phenoxy) is 1. The van der Waals surface area contributed by atoms with Crippen LogP contribution in [0.1, 0.15) is 22.8 Å². The maximum absolute atomic E-state index is 12.4. The quantitative estimate of drug-likeness (QED) is 0.507. The van der Waals surface area contributed by atoms with Gasteiger partial charge in [-0.15, -0.1) is 0 Å². The molecule has 0 heterocycles. The largest absolute Gasteiger partial charge is 0.478 e. The first-order valence-electron chi connectivity index (χ1n) is 4.35. The predicted molar refractivity (Wildman–Crippen MR) is 55.5 cm³/mol. The van der Waals surface area contributed by atoms with Crippen molar-refractivity contribution in [2.24, 2.45) is 0 Å². The molecule has 0 unspecified atom stereocenters. The first kappa shape index (κ1) is 16.9. The summed E-state index contributed by atoms with van der Waals surface area (Å²) in [5, 5.41) is 8.70. The van der Waals surface area contributed by atoms with Gasteiger partial charge in [0.1, 0.15) is 11.3 Å². The van der Waals surface area contributed by atoms with E-state index in [1.165, 1.54) is 0 Å². The van der Waals surface area contributed by atoms with E-state index in [1.807, 2.05) is 0 Å². The number of halogens is 3. The molecule has 0 spiro atoms. The molecule has 1 aromatic carbocycles. The third kappa shape index (κ3) is 4.32. The SMILES string of the molecule is CC(=O)Oc1cc(C(F)(F)F)ccc1C(=O)O.[Na]. The Labute approximate surface area is 122 Å². The number of carbonyl (C=O) groups excluding carboxylic acids is 1. The van der Waals surface area contributed by atoms with Gasteiger partial charge in [-0.05, 0) is 18.2 Å². The van der Waals surface area contributed by atoms with Crippen LogP contribution in [0.3, 0.4) is 0 Å². The maximum Gasteiger partial charge on any atom is 0.416 e. The number of rotatable bonds is 2. The van der Waals surface area contributed by atoms with Gasteiger partial charge in [-0.25, -0.2) is 4.79 Å². The molecule has 0 aliphatic heterocycles. The van der Waals surface area contributed by atoms with Crippen LogP contribution in [-0.4, -0.2) is 46.6 Å². The Morgan fingerprint density at radius 1 is 1.28 bits per heavy atom. The van der Waals surface area contributed by atoms with Crippen LogP contribution in [0.2, 0.25) is 0 Å². The van der Waals surface area contributed by atoms with E-state index in [0.29, 0.717) is 12.1 Å². The van der Waals surface area contributed by atoms with Gasteiger partial charge in [0.15, 0.2) is 0 Å². The Bertz CT molecular complexity index is 471. The van der Waals surface area contributed by atoms with E-state index in [-0.39, 0.29) is 29.6 Å². The summed E-state index contributed by atoms with van der Waals surface area (Å²) < 4.78 is 41.5. The zero-order chi connectivity index (χ0) is 13.2. The van der Waals surface area contributed by atoms with E-state index in [1.54, 1.807) is 0 Å². The summed E-state index contributed by atoms with van der Waals surface area (Å²) in [4.78, 5) is 21.3. The second kappa shape index (κ2) is 6.21. The minimum Gasteiger partial charge on any atom is -0.478 e. The van der Waals surface area contributed by atoms with Crippen molar-refractivity contribution in [1.29, 1.82) is 0 Å². The standard InChI is InChI=1S/C10H7F3O4.Na/c1-5(14)17-8-4-6(10(11,12)13)2-3-7(8)9(15)16;/h2-4H,1H3,(H,15,16);. The van der Waals surface area contributed by atoms with Gasteiger partial charge in [0.2, 0.25) is 0 Å². The van der Waals surface area contributed by atoms with Gasteiger partial charge in [-0.1, -0.05) is 0 Å². The summed E-state index contributed by atoms with van der Waals surface area (Å²) in [5.41, 5.74) is -1.59. The molecule has 0 atom stereocenters. The number of esters is 1. The molecule has 0 aliphatic rings. The molecule has 1 N–H and O–H groups in total. The normalized spacial score (nSPS) is 10.4. The van der Waals surface area contributed by atoms with Crippen LogP contribution in [0.4, 0.5) is 13.2 Å². The van der Waals surface area contributed by atoms with Crippen LogP contribution in [-0.2, 0) is 11.0 Å². The molecule has 8 heteroatoms. The van der Waals surface area contributed by atoms with Crippen LogP contribution >= 0.6 is 0 Å². The Kier molecular flexibility index (Phi) is 5.85. The molecule has 0 saturated heterocycles. The summed E-state index contributed by atoms with van der Waals surface area (Å²) in [6, 6.07) is 1.82. The fourth-order valence-electron chi connectivity index (χ4n) is 1.11. The molecule has 0 saturated carbocycles. The molecule has 0 aliphatic carbocycles. The Hall–Kier alpha value is -1.05. The Morgan fingerprint density at radius 3 is 2.22 bits per heavy atom. The average Bonchev–Trinajstić information content (AvgIpc) is 2.14. The van der Waals surface area contributed by atoms with E-state index < -0.39 is 35.0 Å². The van der Waals surface area contributed by atoms with Crippen molar-refractivity contribution < 1.29 is 32.6 Å². The third-order valence-corrected chi connectivity index (χ3v) is 1.79. The molecular weight excluding hydrogens is 264 g/mol. The summed E-state index contributed by atoms with van der Waals surface area (Å²) in [5.74, 6) is -3.00. The van der Waals surface area contributed by atoms with Crippen molar-refractivity contribution in [1.82, 2.24) is 0 Å². The first-order chi connectivity index (χ1) is 7.71. The maximum atomic E-state index is 12.4. The zero-order valence-electron chi connectivity index (χ0n) is 9.54. The molecule has 1 rings (SSSR count). The third-order valence-electron chi connectivity index (χ3n) is 1.79. The van der Waals surface area contributed by atoms with Crippen LogP contribution in [0.15, 0.2) is 18.2 Å². The van der Waals surface area contributed by atoms with Crippen molar-refractivity contribution in [2.75, 3.05) is 0 Å². The van der Waals surface area contributed by atoms with Crippen molar-refractivity contribution in [3.63, 3.8) is 0 Å². The van der Waals surface area contributed by atoms with Gasteiger partial charge in [-0.3, -0.25) is 4.79 Å². The number of hydrogen-bond acceptors (Lipinski definition) is 3. The second-order valence-electron chi connectivity index (χ2n) is 3.11. The number of benzene rings is 1. The average molecular weight is 271 g/mol. The van der Waals surface area contributed by atoms with Crippen LogP contribution in [0, 0.1) is 0 Å². The molecular formula is C10H7F3NaO4. The number of alkyl halides is 3. The number of carbonyl (C=O) groups is 2. The summed E-state index contributed by atoms with van der Waals surface area (Å²) >= 11 is 0. The van der Waals surface area contributed by atoms with Crippen molar-refractivity contribution in [3.05, 3.63) is 29.3 Å². The van der Waals surface area contributed by atoms with Crippen molar-refractivity contribution >= 4 is 41.5 Å². The molecule has 1 radical (unpaired) electrons. The summed E-state index contributed by atoms with van der Waals surface area (Å²) in [7, 11) is 0. The van der Waals surface area contributed by atoms with E-state index in [4.69, 9.17) is 5.11 Å². The summed E-state index contributed by atoms with van der Waals surface area (Å²) in [6.45, 7) is 0.964. The van der Waals surface area contributed by atoms with E-state index in [2.05, 4.69) is 4.74 Å². The van der Waals surface area contributed by atoms with Gasteiger partial charge in [0.25, 0.3) is 0 Å². The fraction of sp³-hybridized carbons (Fsp3) is 0.200. The fourth-order valence-corrected chi connectivity index (χ4v) is 1.11.